The number of furan rings is 1. The molecule has 1 aromatic heterocycles. The lowest BCUT2D eigenvalue weighted by atomic mass is 10.1. The molecule has 1 aromatic carbocycles. The summed E-state index contributed by atoms with van der Waals surface area (Å²) < 4.78 is 5.25. The van der Waals surface area contributed by atoms with Crippen LogP contribution in [0.4, 0.5) is 5.69 Å². The molecule has 0 saturated heterocycles. The van der Waals surface area contributed by atoms with Crippen LogP contribution < -0.4 is 5.32 Å². The number of nitrogens with zero attached hydrogens (tertiary/aromatic N) is 1. The molecule has 0 aliphatic heterocycles. The molecule has 1 atom stereocenters. The van der Waals surface area contributed by atoms with Gasteiger partial charge in [-0.15, -0.1) is 0 Å². The standard InChI is InChI=1S/C16H18N2O4/c1-11(8-9-13-5-4-10-22-13)17-16(19)14-6-3-7-15(12(14)2)18(20)21/h3-7,10-11H,8-9H2,1-2H3,(H,17,19). The van der Waals surface area contributed by atoms with Crippen LogP contribution >= 0.6 is 0 Å². The number of hydrogen-bond acceptors (Lipinski definition) is 4. The number of amides is 1. The Bertz CT molecular complexity index is 665. The van der Waals surface area contributed by atoms with Crippen molar-refractivity contribution in [3.63, 3.8) is 0 Å². The summed E-state index contributed by atoms with van der Waals surface area (Å²) in [7, 11) is 0. The van der Waals surface area contributed by atoms with Gasteiger partial charge in [-0.2, -0.15) is 0 Å². The second-order valence-electron chi connectivity index (χ2n) is 5.20. The molecule has 0 saturated carbocycles. The lowest BCUT2D eigenvalue weighted by molar-refractivity contribution is -0.385. The Hall–Kier alpha value is -2.63. The monoisotopic (exact) mass is 302 g/mol. The number of nitro groups is 1. The summed E-state index contributed by atoms with van der Waals surface area (Å²) >= 11 is 0. The molecule has 0 spiro atoms. The highest BCUT2D eigenvalue weighted by atomic mass is 16.6. The van der Waals surface area contributed by atoms with Crippen LogP contribution in [0.15, 0.2) is 41.0 Å². The molecule has 0 aliphatic rings. The minimum absolute atomic E-state index is 0.0455. The molecule has 2 rings (SSSR count). The average molecular weight is 302 g/mol. The van der Waals surface area contributed by atoms with Crippen molar-refractivity contribution >= 4 is 11.6 Å². The third-order valence-corrected chi connectivity index (χ3v) is 3.53. The van der Waals surface area contributed by atoms with Gasteiger partial charge in [-0.3, -0.25) is 14.9 Å². The summed E-state index contributed by atoms with van der Waals surface area (Å²) in [4.78, 5) is 22.7. The molecule has 0 fully saturated rings. The normalized spacial score (nSPS) is 11.9. The molecule has 0 aliphatic carbocycles. The Kier molecular flexibility index (Phi) is 4.93. The number of nitro benzene ring substituents is 1. The number of carbonyl (C=O) groups is 1. The van der Waals surface area contributed by atoms with Crippen LogP contribution in [-0.4, -0.2) is 16.9 Å². The SMILES string of the molecule is Cc1c(C(=O)NC(C)CCc2ccco2)cccc1[N+](=O)[O-]. The van der Waals surface area contributed by atoms with E-state index in [1.807, 2.05) is 19.1 Å². The molecule has 1 amide bonds. The topological polar surface area (TPSA) is 85.4 Å². The van der Waals surface area contributed by atoms with E-state index in [9.17, 15) is 14.9 Å². The van der Waals surface area contributed by atoms with E-state index in [2.05, 4.69) is 5.32 Å². The zero-order chi connectivity index (χ0) is 16.1. The van der Waals surface area contributed by atoms with Gasteiger partial charge < -0.3 is 9.73 Å². The zero-order valence-electron chi connectivity index (χ0n) is 12.5. The first kappa shape index (κ1) is 15.8. The average Bonchev–Trinajstić information content (AvgIpc) is 2.98. The fourth-order valence-corrected chi connectivity index (χ4v) is 2.25. The molecule has 0 radical (unpaired) electrons. The fourth-order valence-electron chi connectivity index (χ4n) is 2.25. The van der Waals surface area contributed by atoms with Crippen molar-refractivity contribution in [2.75, 3.05) is 0 Å². The Labute approximate surface area is 128 Å². The molecule has 1 heterocycles. The van der Waals surface area contributed by atoms with Crippen LogP contribution in [0.2, 0.25) is 0 Å². The van der Waals surface area contributed by atoms with Crippen molar-refractivity contribution in [3.8, 4) is 0 Å². The number of nitrogens with one attached hydrogen (secondary N) is 1. The number of rotatable bonds is 6. The van der Waals surface area contributed by atoms with Gasteiger partial charge in [0.2, 0.25) is 0 Å². The molecule has 1 unspecified atom stereocenters. The largest absolute Gasteiger partial charge is 0.469 e. The second kappa shape index (κ2) is 6.89. The number of carbonyl (C=O) groups excluding carboxylic acids is 1. The van der Waals surface area contributed by atoms with Crippen molar-refractivity contribution in [1.29, 1.82) is 0 Å². The van der Waals surface area contributed by atoms with Gasteiger partial charge in [-0.25, -0.2) is 0 Å². The third kappa shape index (κ3) is 3.72. The predicted octanol–water partition coefficient (Wildman–Crippen LogP) is 3.25. The quantitative estimate of drug-likeness (QED) is 0.655. The first-order chi connectivity index (χ1) is 10.5. The van der Waals surface area contributed by atoms with Crippen LogP contribution in [0, 0.1) is 17.0 Å². The van der Waals surface area contributed by atoms with Gasteiger partial charge in [0.25, 0.3) is 11.6 Å². The van der Waals surface area contributed by atoms with E-state index < -0.39 is 4.92 Å². The van der Waals surface area contributed by atoms with Crippen molar-refractivity contribution in [2.24, 2.45) is 0 Å². The summed E-state index contributed by atoms with van der Waals surface area (Å²) in [6.45, 7) is 3.48. The lowest BCUT2D eigenvalue weighted by Crippen LogP contribution is -2.33. The van der Waals surface area contributed by atoms with Crippen LogP contribution in [0.5, 0.6) is 0 Å². The second-order valence-corrected chi connectivity index (χ2v) is 5.20. The molecule has 22 heavy (non-hydrogen) atoms. The van der Waals surface area contributed by atoms with Crippen LogP contribution in [0.1, 0.15) is 35.0 Å². The maximum Gasteiger partial charge on any atom is 0.273 e. The molecular formula is C16H18N2O4. The van der Waals surface area contributed by atoms with Crippen LogP contribution in [0.3, 0.4) is 0 Å². The van der Waals surface area contributed by atoms with Crippen molar-refractivity contribution < 1.29 is 14.1 Å². The Morgan fingerprint density at radius 2 is 2.14 bits per heavy atom. The third-order valence-electron chi connectivity index (χ3n) is 3.53. The predicted molar refractivity (Wildman–Crippen MR) is 81.8 cm³/mol. The van der Waals surface area contributed by atoms with E-state index in [4.69, 9.17) is 4.42 Å². The summed E-state index contributed by atoms with van der Waals surface area (Å²) in [6, 6.07) is 8.16. The summed E-state index contributed by atoms with van der Waals surface area (Å²) in [5.74, 6) is 0.570. The minimum Gasteiger partial charge on any atom is -0.469 e. The highest BCUT2D eigenvalue weighted by Crippen LogP contribution is 2.21. The van der Waals surface area contributed by atoms with E-state index in [0.717, 1.165) is 18.6 Å². The fraction of sp³-hybridized carbons (Fsp3) is 0.312. The molecular weight excluding hydrogens is 284 g/mol. The zero-order valence-corrected chi connectivity index (χ0v) is 12.5. The van der Waals surface area contributed by atoms with E-state index in [0.29, 0.717) is 11.1 Å². The van der Waals surface area contributed by atoms with Gasteiger partial charge in [0, 0.05) is 29.7 Å². The van der Waals surface area contributed by atoms with Gasteiger partial charge in [-0.05, 0) is 38.5 Å². The van der Waals surface area contributed by atoms with Crippen molar-refractivity contribution in [3.05, 3.63) is 63.6 Å². The molecule has 6 heteroatoms. The summed E-state index contributed by atoms with van der Waals surface area (Å²) in [6.07, 6.45) is 3.07. The maximum atomic E-state index is 12.3. The highest BCUT2D eigenvalue weighted by molar-refractivity contribution is 5.96. The van der Waals surface area contributed by atoms with Crippen molar-refractivity contribution in [2.45, 2.75) is 32.7 Å². The van der Waals surface area contributed by atoms with Crippen molar-refractivity contribution in [1.82, 2.24) is 5.32 Å². The number of benzene rings is 1. The van der Waals surface area contributed by atoms with E-state index in [-0.39, 0.29) is 17.6 Å². The highest BCUT2D eigenvalue weighted by Gasteiger charge is 2.19. The van der Waals surface area contributed by atoms with Gasteiger partial charge in [0.1, 0.15) is 5.76 Å². The Morgan fingerprint density at radius 1 is 1.36 bits per heavy atom. The first-order valence-electron chi connectivity index (χ1n) is 7.06. The minimum atomic E-state index is -0.480. The Balaban J connectivity index is 1.99. The number of hydrogen-bond donors (Lipinski definition) is 1. The van der Waals surface area contributed by atoms with E-state index >= 15 is 0 Å². The van der Waals surface area contributed by atoms with Gasteiger partial charge in [0.15, 0.2) is 0 Å². The lowest BCUT2D eigenvalue weighted by Gasteiger charge is -2.14. The Morgan fingerprint density at radius 3 is 2.77 bits per heavy atom. The van der Waals surface area contributed by atoms with Gasteiger partial charge in [-0.1, -0.05) is 6.07 Å². The summed E-state index contributed by atoms with van der Waals surface area (Å²) in [5, 5.41) is 13.8. The molecule has 0 bridgehead atoms. The van der Waals surface area contributed by atoms with E-state index in [1.165, 1.54) is 12.1 Å². The van der Waals surface area contributed by atoms with E-state index in [1.54, 1.807) is 19.3 Å². The summed E-state index contributed by atoms with van der Waals surface area (Å²) in [5.41, 5.74) is 0.665. The van der Waals surface area contributed by atoms with Gasteiger partial charge >= 0.3 is 0 Å². The molecule has 1 N–H and O–H groups in total. The molecule has 2 aromatic rings. The van der Waals surface area contributed by atoms with Crippen LogP contribution in [-0.2, 0) is 6.42 Å². The molecule has 6 nitrogen and oxygen atoms in total. The number of aryl methyl sites for hydroxylation is 1. The van der Waals surface area contributed by atoms with Crippen LogP contribution in [0.25, 0.3) is 0 Å². The molecule has 116 valence electrons. The first-order valence-corrected chi connectivity index (χ1v) is 7.06. The van der Waals surface area contributed by atoms with Gasteiger partial charge in [0.05, 0.1) is 11.2 Å². The maximum absolute atomic E-state index is 12.3. The smallest absolute Gasteiger partial charge is 0.273 e.